The van der Waals surface area contributed by atoms with Gasteiger partial charge in [-0.2, -0.15) is 0 Å². The molecule has 0 amide bonds. The predicted octanol–water partition coefficient (Wildman–Crippen LogP) is 5.11. The van der Waals surface area contributed by atoms with Crippen molar-refractivity contribution in [2.75, 3.05) is 7.05 Å². The van der Waals surface area contributed by atoms with Crippen LogP contribution in [-0.2, 0) is 4.74 Å². The molecule has 4 heteroatoms. The molecule has 2 saturated heterocycles. The normalized spacial score (nSPS) is 27.9. The molecule has 0 aliphatic carbocycles. The van der Waals surface area contributed by atoms with Gasteiger partial charge in [0.25, 0.3) is 0 Å². The Morgan fingerprint density at radius 3 is 2.07 bits per heavy atom. The molecule has 2 bridgehead atoms. The highest BCUT2D eigenvalue weighted by Crippen LogP contribution is 2.42. The van der Waals surface area contributed by atoms with E-state index in [0.29, 0.717) is 12.1 Å². The molecule has 2 aromatic rings. The van der Waals surface area contributed by atoms with Gasteiger partial charge in [0.1, 0.15) is 17.7 Å². The Morgan fingerprint density at radius 2 is 1.56 bits per heavy atom. The predicted molar refractivity (Wildman–Crippen MR) is 102 cm³/mol. The molecule has 0 radical (unpaired) electrons. The smallest absolute Gasteiger partial charge is 0.123 e. The van der Waals surface area contributed by atoms with Crippen LogP contribution < -0.4 is 0 Å². The SMILES string of the molecule is C=C[C@@H]1[C@H]2CC[C@@H](C[C@H]1OC(c1ccc(F)cc1)c1ccc(F)cc1)N2C. The molecular formula is C23H25F2NO. The summed E-state index contributed by atoms with van der Waals surface area (Å²) in [5.41, 5.74) is 1.74. The number of fused-ring (bicyclic) bond motifs is 2. The summed E-state index contributed by atoms with van der Waals surface area (Å²) in [6, 6.07) is 13.7. The average Bonchev–Trinajstić information content (AvgIpc) is 2.92. The van der Waals surface area contributed by atoms with Gasteiger partial charge in [0, 0.05) is 18.0 Å². The summed E-state index contributed by atoms with van der Waals surface area (Å²) in [6.45, 7) is 4.06. The Balaban J connectivity index is 1.65. The van der Waals surface area contributed by atoms with Gasteiger partial charge < -0.3 is 4.74 Å². The second kappa shape index (κ2) is 7.53. The molecule has 2 heterocycles. The van der Waals surface area contributed by atoms with Crippen molar-refractivity contribution < 1.29 is 13.5 Å². The number of hydrogen-bond donors (Lipinski definition) is 0. The first-order chi connectivity index (χ1) is 13.1. The van der Waals surface area contributed by atoms with Crippen LogP contribution in [0.5, 0.6) is 0 Å². The summed E-state index contributed by atoms with van der Waals surface area (Å²) in [4.78, 5) is 2.46. The molecule has 2 aromatic carbocycles. The first kappa shape index (κ1) is 18.3. The van der Waals surface area contributed by atoms with E-state index in [2.05, 4.69) is 18.5 Å². The molecule has 2 aliphatic rings. The Hall–Kier alpha value is -2.04. The lowest BCUT2D eigenvalue weighted by Crippen LogP contribution is -2.49. The van der Waals surface area contributed by atoms with Crippen molar-refractivity contribution in [3.05, 3.63) is 83.9 Å². The molecule has 0 aromatic heterocycles. The average molecular weight is 369 g/mol. The van der Waals surface area contributed by atoms with Gasteiger partial charge in [0.2, 0.25) is 0 Å². The first-order valence-corrected chi connectivity index (χ1v) is 9.57. The maximum absolute atomic E-state index is 13.4. The minimum atomic E-state index is -0.360. The van der Waals surface area contributed by atoms with Crippen molar-refractivity contribution in [2.45, 2.75) is 43.6 Å². The topological polar surface area (TPSA) is 12.5 Å². The van der Waals surface area contributed by atoms with E-state index in [1.165, 1.54) is 30.7 Å². The number of hydrogen-bond acceptors (Lipinski definition) is 2. The molecule has 2 aliphatic heterocycles. The molecular weight excluding hydrogens is 344 g/mol. The number of halogens is 2. The third-order valence-corrected chi connectivity index (χ3v) is 6.20. The minimum absolute atomic E-state index is 0.0382. The molecule has 27 heavy (non-hydrogen) atoms. The molecule has 0 spiro atoms. The summed E-state index contributed by atoms with van der Waals surface area (Å²) in [6.07, 6.45) is 4.98. The molecule has 4 rings (SSSR count). The first-order valence-electron chi connectivity index (χ1n) is 9.57. The van der Waals surface area contributed by atoms with Crippen LogP contribution in [0.15, 0.2) is 61.2 Å². The van der Waals surface area contributed by atoms with Crippen molar-refractivity contribution in [1.82, 2.24) is 4.90 Å². The van der Waals surface area contributed by atoms with E-state index < -0.39 is 0 Å². The van der Waals surface area contributed by atoms with E-state index in [-0.39, 0.29) is 29.8 Å². The second-order valence-electron chi connectivity index (χ2n) is 7.67. The Morgan fingerprint density at radius 1 is 1.00 bits per heavy atom. The highest BCUT2D eigenvalue weighted by molar-refractivity contribution is 5.31. The monoisotopic (exact) mass is 369 g/mol. The fourth-order valence-electron chi connectivity index (χ4n) is 4.72. The summed E-state index contributed by atoms with van der Waals surface area (Å²) in [5, 5.41) is 0. The molecule has 2 nitrogen and oxygen atoms in total. The number of piperidine rings is 1. The largest absolute Gasteiger partial charge is 0.365 e. The van der Waals surface area contributed by atoms with Crippen LogP contribution in [0.1, 0.15) is 36.5 Å². The highest BCUT2D eigenvalue weighted by Gasteiger charge is 2.45. The Labute approximate surface area is 159 Å². The van der Waals surface area contributed by atoms with E-state index in [4.69, 9.17) is 4.74 Å². The zero-order valence-electron chi connectivity index (χ0n) is 15.5. The van der Waals surface area contributed by atoms with E-state index in [1.54, 1.807) is 24.3 Å². The van der Waals surface area contributed by atoms with Crippen LogP contribution in [0.2, 0.25) is 0 Å². The third-order valence-electron chi connectivity index (χ3n) is 6.20. The summed E-state index contributed by atoms with van der Waals surface area (Å²) in [5.74, 6) is -0.312. The standard InChI is InChI=1S/C23H25F2NO/c1-3-20-21-13-12-19(26(21)2)14-22(20)27-23(15-4-8-17(24)9-5-15)16-6-10-18(25)11-7-16/h3-11,19-23H,1,12-14H2,2H3/t19-,20+,21+,22+/m0/s1. The maximum Gasteiger partial charge on any atom is 0.123 e. The van der Waals surface area contributed by atoms with Gasteiger partial charge >= 0.3 is 0 Å². The number of rotatable bonds is 5. The van der Waals surface area contributed by atoms with E-state index in [1.807, 2.05) is 6.08 Å². The lowest BCUT2D eigenvalue weighted by Gasteiger charge is -2.42. The number of ether oxygens (including phenoxy) is 1. The van der Waals surface area contributed by atoms with Crippen LogP contribution in [-0.4, -0.2) is 30.1 Å². The summed E-state index contributed by atoms with van der Waals surface area (Å²) >= 11 is 0. The van der Waals surface area contributed by atoms with E-state index >= 15 is 0 Å². The van der Waals surface area contributed by atoms with Crippen LogP contribution in [0, 0.1) is 17.6 Å². The molecule has 0 unspecified atom stereocenters. The molecule has 142 valence electrons. The van der Waals surface area contributed by atoms with Crippen LogP contribution in [0.4, 0.5) is 8.78 Å². The summed E-state index contributed by atoms with van der Waals surface area (Å²) < 4.78 is 33.5. The number of nitrogens with zero attached hydrogens (tertiary/aromatic N) is 1. The van der Waals surface area contributed by atoms with Gasteiger partial charge in [-0.05, 0) is 61.7 Å². The molecule has 4 atom stereocenters. The molecule has 2 fully saturated rings. The minimum Gasteiger partial charge on any atom is -0.365 e. The quantitative estimate of drug-likeness (QED) is 0.679. The van der Waals surface area contributed by atoms with E-state index in [0.717, 1.165) is 24.0 Å². The molecule has 0 N–H and O–H groups in total. The van der Waals surface area contributed by atoms with Gasteiger partial charge in [-0.1, -0.05) is 30.3 Å². The maximum atomic E-state index is 13.4. The summed E-state index contributed by atoms with van der Waals surface area (Å²) in [7, 11) is 2.19. The second-order valence-corrected chi connectivity index (χ2v) is 7.67. The van der Waals surface area contributed by atoms with Crippen molar-refractivity contribution in [2.24, 2.45) is 5.92 Å². The van der Waals surface area contributed by atoms with Crippen molar-refractivity contribution in [3.8, 4) is 0 Å². The van der Waals surface area contributed by atoms with Gasteiger partial charge in [-0.3, -0.25) is 4.90 Å². The lowest BCUT2D eigenvalue weighted by atomic mass is 9.87. The fourth-order valence-corrected chi connectivity index (χ4v) is 4.72. The van der Waals surface area contributed by atoms with Gasteiger partial charge in [0.05, 0.1) is 6.10 Å². The third kappa shape index (κ3) is 3.56. The van der Waals surface area contributed by atoms with Crippen LogP contribution in [0.3, 0.4) is 0 Å². The lowest BCUT2D eigenvalue weighted by molar-refractivity contribution is -0.0674. The van der Waals surface area contributed by atoms with E-state index in [9.17, 15) is 8.78 Å². The van der Waals surface area contributed by atoms with Gasteiger partial charge in [0.15, 0.2) is 0 Å². The van der Waals surface area contributed by atoms with Crippen molar-refractivity contribution in [1.29, 1.82) is 0 Å². The van der Waals surface area contributed by atoms with Gasteiger partial charge in [-0.25, -0.2) is 8.78 Å². The highest BCUT2D eigenvalue weighted by atomic mass is 19.1. The van der Waals surface area contributed by atoms with Crippen molar-refractivity contribution >= 4 is 0 Å². The molecule has 0 saturated carbocycles. The fraction of sp³-hybridized carbons (Fsp3) is 0.391. The number of benzene rings is 2. The Bertz CT molecular complexity index is 744. The zero-order chi connectivity index (χ0) is 19.0. The van der Waals surface area contributed by atoms with Crippen LogP contribution >= 0.6 is 0 Å². The zero-order valence-corrected chi connectivity index (χ0v) is 15.5. The van der Waals surface area contributed by atoms with Gasteiger partial charge in [-0.15, -0.1) is 6.58 Å². The van der Waals surface area contributed by atoms with Crippen LogP contribution in [0.25, 0.3) is 0 Å². The Kier molecular flexibility index (Phi) is 5.11. The van der Waals surface area contributed by atoms with Crippen molar-refractivity contribution in [3.63, 3.8) is 0 Å².